The first-order valence-corrected chi connectivity index (χ1v) is 23.7. The first-order chi connectivity index (χ1) is 31.1. The molecule has 1 heteroatoms. The third kappa shape index (κ3) is 11.3. The van der Waals surface area contributed by atoms with Gasteiger partial charge in [0.1, 0.15) is 0 Å². The number of hydrogen-bond acceptors (Lipinski definition) is 1. The molecule has 1 aliphatic rings. The zero-order valence-electron chi connectivity index (χ0n) is 38.9. The van der Waals surface area contributed by atoms with Crippen LogP contribution in [-0.2, 0) is 0 Å². The number of rotatable bonds is 12. The van der Waals surface area contributed by atoms with E-state index in [1.165, 1.54) is 91.6 Å². The highest BCUT2D eigenvalue weighted by molar-refractivity contribution is 7.80. The van der Waals surface area contributed by atoms with Crippen LogP contribution in [0.3, 0.4) is 0 Å². The molecule has 0 spiro atoms. The molecular formula is C63H64S. The number of aryl methyl sites for hydroxylation is 1. The molecule has 8 rings (SSSR count). The third-order valence-electron chi connectivity index (χ3n) is 12.9. The summed E-state index contributed by atoms with van der Waals surface area (Å²) in [6.07, 6.45) is 13.2. The highest BCUT2D eigenvalue weighted by atomic mass is 32.1. The quantitative estimate of drug-likeness (QED) is 0.0919. The lowest BCUT2D eigenvalue weighted by Gasteiger charge is -2.19. The van der Waals surface area contributed by atoms with E-state index in [1.54, 1.807) is 11.1 Å². The summed E-state index contributed by atoms with van der Waals surface area (Å²) in [7, 11) is 0. The average molecular weight is 853 g/mol. The van der Waals surface area contributed by atoms with E-state index in [1.807, 2.05) is 0 Å². The van der Waals surface area contributed by atoms with E-state index in [0.29, 0.717) is 11.8 Å². The van der Waals surface area contributed by atoms with E-state index in [-0.39, 0.29) is 5.92 Å². The van der Waals surface area contributed by atoms with Crippen LogP contribution in [0.5, 0.6) is 0 Å². The molecule has 322 valence electrons. The van der Waals surface area contributed by atoms with Crippen LogP contribution < -0.4 is 0 Å². The minimum atomic E-state index is 0.245. The topological polar surface area (TPSA) is 0 Å². The Morgan fingerprint density at radius 2 is 1.08 bits per heavy atom. The summed E-state index contributed by atoms with van der Waals surface area (Å²) in [4.78, 5) is 0.980. The molecule has 1 aliphatic carbocycles. The zero-order chi connectivity index (χ0) is 45.0. The molecular weight excluding hydrogens is 789 g/mol. The second-order valence-electron chi connectivity index (χ2n) is 17.5. The van der Waals surface area contributed by atoms with Gasteiger partial charge in [-0.25, -0.2) is 0 Å². The predicted molar refractivity (Wildman–Crippen MR) is 284 cm³/mol. The Labute approximate surface area is 390 Å². The molecule has 0 aromatic heterocycles. The van der Waals surface area contributed by atoms with Gasteiger partial charge in [0.2, 0.25) is 0 Å². The minimum absolute atomic E-state index is 0.245. The Bertz CT molecular complexity index is 2780. The molecule has 0 N–H and O–H groups in total. The lowest BCUT2D eigenvalue weighted by atomic mass is 9.86. The molecule has 3 atom stereocenters. The van der Waals surface area contributed by atoms with Crippen LogP contribution in [0.2, 0.25) is 0 Å². The van der Waals surface area contributed by atoms with E-state index in [0.717, 1.165) is 10.5 Å². The Morgan fingerprint density at radius 3 is 1.70 bits per heavy atom. The summed E-state index contributed by atoms with van der Waals surface area (Å²) < 4.78 is 0. The molecule has 0 amide bonds. The number of benzene rings is 7. The summed E-state index contributed by atoms with van der Waals surface area (Å²) in [6, 6.07) is 63.3. The van der Waals surface area contributed by atoms with Crippen molar-refractivity contribution in [2.75, 3.05) is 0 Å². The Kier molecular flexibility index (Phi) is 15.7. The summed E-state index contributed by atoms with van der Waals surface area (Å²) in [5, 5.41) is 0. The van der Waals surface area contributed by atoms with Gasteiger partial charge >= 0.3 is 0 Å². The van der Waals surface area contributed by atoms with E-state index in [2.05, 4.69) is 249 Å². The number of thiol groups is 1. The molecule has 0 nitrogen and oxygen atoms in total. The Balaban J connectivity index is 0.000000348. The van der Waals surface area contributed by atoms with Crippen LogP contribution >= 0.6 is 12.6 Å². The molecule has 3 unspecified atom stereocenters. The van der Waals surface area contributed by atoms with Crippen molar-refractivity contribution in [1.82, 2.24) is 0 Å². The molecule has 0 bridgehead atoms. The van der Waals surface area contributed by atoms with Gasteiger partial charge in [0.05, 0.1) is 0 Å². The van der Waals surface area contributed by atoms with Crippen LogP contribution in [-0.4, -0.2) is 0 Å². The van der Waals surface area contributed by atoms with Crippen molar-refractivity contribution < 1.29 is 0 Å². The van der Waals surface area contributed by atoms with Gasteiger partial charge in [-0.3, -0.25) is 0 Å². The fourth-order valence-corrected chi connectivity index (χ4v) is 9.25. The van der Waals surface area contributed by atoms with Crippen molar-refractivity contribution in [1.29, 1.82) is 0 Å². The van der Waals surface area contributed by atoms with Crippen LogP contribution in [0.25, 0.3) is 50.6 Å². The maximum Gasteiger partial charge on any atom is 0.0116 e. The zero-order valence-corrected chi connectivity index (χ0v) is 39.7. The molecule has 64 heavy (non-hydrogen) atoms. The molecule has 0 saturated heterocycles. The molecule has 0 saturated carbocycles. The van der Waals surface area contributed by atoms with Gasteiger partial charge in [-0.2, -0.15) is 0 Å². The molecule has 0 radical (unpaired) electrons. The van der Waals surface area contributed by atoms with Gasteiger partial charge in [-0.1, -0.05) is 205 Å². The van der Waals surface area contributed by atoms with Crippen LogP contribution in [0.4, 0.5) is 0 Å². The summed E-state index contributed by atoms with van der Waals surface area (Å²) in [5.41, 5.74) is 20.2. The van der Waals surface area contributed by atoms with Gasteiger partial charge < -0.3 is 0 Å². The van der Waals surface area contributed by atoms with Gasteiger partial charge in [0.25, 0.3) is 0 Å². The van der Waals surface area contributed by atoms with Gasteiger partial charge in [-0.05, 0) is 164 Å². The maximum atomic E-state index is 4.84. The largest absolute Gasteiger partial charge is 0.143 e. The van der Waals surface area contributed by atoms with E-state index in [9.17, 15) is 0 Å². The monoisotopic (exact) mass is 852 g/mol. The van der Waals surface area contributed by atoms with Crippen molar-refractivity contribution >= 4 is 41.0 Å². The summed E-state index contributed by atoms with van der Waals surface area (Å²) >= 11 is 4.84. The molecule has 7 aromatic carbocycles. The Morgan fingerprint density at radius 1 is 0.547 bits per heavy atom. The first kappa shape index (κ1) is 45.9. The van der Waals surface area contributed by atoms with E-state index >= 15 is 0 Å². The lowest BCUT2D eigenvalue weighted by molar-refractivity contribution is 0.639. The second-order valence-corrected chi connectivity index (χ2v) is 18.0. The Hall–Kier alpha value is -6.15. The first-order valence-electron chi connectivity index (χ1n) is 23.3. The number of allylic oxidation sites excluding steroid dienone is 7. The SMILES string of the molecule is C/C(=C\c1ccccc1C)c1cc(-c2cccc(-c3cccc(C4=CC(C)C(c5ccccc5)=CC(c5ccccc5)=C4)c3)c2)ccc1S.CCCC(C)c1ccccc1C(C)CC. The van der Waals surface area contributed by atoms with E-state index in [4.69, 9.17) is 12.6 Å². The smallest absolute Gasteiger partial charge is 0.0116 e. The standard InChI is InChI=1S/C48H40S.C15H24/c1-33-14-10-11-19-38(33)26-35(3)47-31-43(24-25-48(47)49)41-22-12-20-39(28-41)40-21-13-23-42(29-40)44-27-34(2)46(37-17-8-5-9-18-37)32-45(30-44)36-15-6-4-7-16-36;1-5-9-13(4)15-11-8-7-10-14(15)12(3)6-2/h4-32,34,49H,1-3H3;7-8,10-13H,5-6,9H2,1-4H3/b35-26+;. The lowest BCUT2D eigenvalue weighted by Crippen LogP contribution is -2.02. The van der Waals surface area contributed by atoms with E-state index < -0.39 is 0 Å². The fourth-order valence-electron chi connectivity index (χ4n) is 8.93. The molecule has 7 aromatic rings. The maximum absolute atomic E-state index is 4.84. The molecule has 0 fully saturated rings. The fraction of sp³-hybridized carbons (Fsp3) is 0.206. The third-order valence-corrected chi connectivity index (χ3v) is 13.2. The van der Waals surface area contributed by atoms with Crippen LogP contribution in [0, 0.1) is 12.8 Å². The minimum Gasteiger partial charge on any atom is -0.143 e. The van der Waals surface area contributed by atoms with Crippen molar-refractivity contribution in [3.63, 3.8) is 0 Å². The van der Waals surface area contributed by atoms with Crippen molar-refractivity contribution in [3.05, 3.63) is 239 Å². The second kappa shape index (κ2) is 22.0. The van der Waals surface area contributed by atoms with Crippen LogP contribution in [0.1, 0.15) is 117 Å². The normalized spacial score (nSPS) is 14.8. The average Bonchev–Trinajstić information content (AvgIpc) is 3.52. The van der Waals surface area contributed by atoms with Gasteiger partial charge in [0, 0.05) is 10.8 Å². The highest BCUT2D eigenvalue weighted by Crippen LogP contribution is 2.38. The number of hydrogen-bond donors (Lipinski definition) is 1. The van der Waals surface area contributed by atoms with Gasteiger partial charge in [-0.15, -0.1) is 12.6 Å². The highest BCUT2D eigenvalue weighted by Gasteiger charge is 2.17. The van der Waals surface area contributed by atoms with Crippen molar-refractivity contribution in [2.24, 2.45) is 5.92 Å². The van der Waals surface area contributed by atoms with Crippen molar-refractivity contribution in [2.45, 2.75) is 84.5 Å². The van der Waals surface area contributed by atoms with Crippen LogP contribution in [0.15, 0.2) is 199 Å². The summed E-state index contributed by atoms with van der Waals surface area (Å²) in [6.45, 7) is 15.8. The molecule has 0 heterocycles. The van der Waals surface area contributed by atoms with Crippen molar-refractivity contribution in [3.8, 4) is 22.3 Å². The predicted octanol–water partition coefficient (Wildman–Crippen LogP) is 18.5. The summed E-state index contributed by atoms with van der Waals surface area (Å²) in [5.74, 6) is 1.65. The van der Waals surface area contributed by atoms with Gasteiger partial charge in [0.15, 0.2) is 0 Å². The molecule has 0 aliphatic heterocycles.